The molecule has 3 aromatic heterocycles. The highest BCUT2D eigenvalue weighted by atomic mass is 32.2. The van der Waals surface area contributed by atoms with Crippen molar-refractivity contribution in [2.75, 3.05) is 0 Å². The third-order valence-electron chi connectivity index (χ3n) is 5.05. The van der Waals surface area contributed by atoms with Crippen LogP contribution in [0.15, 0.2) is 45.7 Å². The van der Waals surface area contributed by atoms with Crippen molar-refractivity contribution in [2.24, 2.45) is 7.05 Å². The van der Waals surface area contributed by atoms with Crippen LogP contribution in [0.25, 0.3) is 10.2 Å². The normalized spacial score (nSPS) is 13.3. The average molecular weight is 426 g/mol. The maximum Gasteiger partial charge on any atom is 0.262 e. The van der Waals surface area contributed by atoms with Gasteiger partial charge < -0.3 is 0 Å². The number of aromatic nitrogens is 3. The van der Waals surface area contributed by atoms with Gasteiger partial charge in [0.2, 0.25) is 0 Å². The van der Waals surface area contributed by atoms with E-state index in [9.17, 15) is 4.79 Å². The zero-order valence-electron chi connectivity index (χ0n) is 15.5. The van der Waals surface area contributed by atoms with Crippen LogP contribution in [0.2, 0.25) is 0 Å². The van der Waals surface area contributed by atoms with E-state index in [1.54, 1.807) is 39.0 Å². The highest BCUT2D eigenvalue weighted by Gasteiger charge is 2.22. The first-order valence-electron chi connectivity index (χ1n) is 9.30. The summed E-state index contributed by atoms with van der Waals surface area (Å²) in [5, 5.41) is 4.86. The van der Waals surface area contributed by atoms with Crippen LogP contribution < -0.4 is 5.56 Å². The number of thioether (sulfide) groups is 1. The van der Waals surface area contributed by atoms with Gasteiger partial charge >= 0.3 is 0 Å². The summed E-state index contributed by atoms with van der Waals surface area (Å²) in [5.74, 6) is 0.724. The Morgan fingerprint density at radius 2 is 2.04 bits per heavy atom. The van der Waals surface area contributed by atoms with Gasteiger partial charge in [-0.15, -0.1) is 22.7 Å². The molecule has 28 heavy (non-hydrogen) atoms. The van der Waals surface area contributed by atoms with E-state index in [1.165, 1.54) is 16.0 Å². The molecule has 4 nitrogen and oxygen atoms in total. The summed E-state index contributed by atoms with van der Waals surface area (Å²) in [4.78, 5) is 24.7. The first-order valence-corrected chi connectivity index (χ1v) is 12.0. The van der Waals surface area contributed by atoms with E-state index < -0.39 is 0 Å². The second-order valence-electron chi connectivity index (χ2n) is 6.98. The van der Waals surface area contributed by atoms with Crippen molar-refractivity contribution in [2.45, 2.75) is 36.6 Å². The van der Waals surface area contributed by atoms with Crippen molar-refractivity contribution in [3.8, 4) is 0 Å². The number of nitrogens with zero attached hydrogens (tertiary/aromatic N) is 3. The van der Waals surface area contributed by atoms with Crippen molar-refractivity contribution < 1.29 is 0 Å². The highest BCUT2D eigenvalue weighted by Crippen LogP contribution is 2.35. The molecule has 0 unspecified atom stereocenters. The van der Waals surface area contributed by atoms with Gasteiger partial charge in [-0.05, 0) is 30.4 Å². The molecule has 0 saturated heterocycles. The summed E-state index contributed by atoms with van der Waals surface area (Å²) in [6.45, 7) is 0. The molecule has 5 rings (SSSR count). The molecule has 0 amide bonds. The molecule has 0 fully saturated rings. The van der Waals surface area contributed by atoms with Gasteiger partial charge in [0.25, 0.3) is 5.56 Å². The second-order valence-corrected chi connectivity index (χ2v) is 9.95. The fourth-order valence-electron chi connectivity index (χ4n) is 3.64. The van der Waals surface area contributed by atoms with E-state index >= 15 is 0 Å². The maximum atomic E-state index is 12.9. The molecule has 1 aliphatic carbocycles. The number of aryl methyl sites for hydroxylation is 2. The molecular weight excluding hydrogens is 406 g/mol. The molecule has 142 valence electrons. The number of hydrogen-bond acceptors (Lipinski definition) is 6. The Hall–Kier alpha value is -1.96. The first kappa shape index (κ1) is 18.1. The monoisotopic (exact) mass is 425 g/mol. The standard InChI is InChI=1S/C21H19N3OS3/c1-24-20(25)18-15-8-5-9-16(15)28-19(18)23-21(24)27-12-14-11-26-17(22-14)10-13-6-3-2-4-7-13/h2-4,6-7,11H,5,8-10,12H2,1H3. The van der Waals surface area contributed by atoms with Crippen LogP contribution in [0.3, 0.4) is 0 Å². The first-order chi connectivity index (χ1) is 13.7. The van der Waals surface area contributed by atoms with Gasteiger partial charge in [0.15, 0.2) is 5.16 Å². The van der Waals surface area contributed by atoms with Crippen LogP contribution in [-0.2, 0) is 32.1 Å². The minimum atomic E-state index is 0.0925. The van der Waals surface area contributed by atoms with Gasteiger partial charge in [0.1, 0.15) is 4.83 Å². The molecule has 1 aliphatic rings. The van der Waals surface area contributed by atoms with Gasteiger partial charge in [0.05, 0.1) is 16.1 Å². The number of thiophene rings is 1. The molecule has 0 radical (unpaired) electrons. The topological polar surface area (TPSA) is 47.8 Å². The second kappa shape index (κ2) is 7.46. The fraction of sp³-hybridized carbons (Fsp3) is 0.286. The molecule has 1 aromatic carbocycles. The van der Waals surface area contributed by atoms with Gasteiger partial charge in [-0.25, -0.2) is 9.97 Å². The Morgan fingerprint density at radius 3 is 2.89 bits per heavy atom. The highest BCUT2D eigenvalue weighted by molar-refractivity contribution is 7.98. The summed E-state index contributed by atoms with van der Waals surface area (Å²) >= 11 is 4.99. The lowest BCUT2D eigenvalue weighted by molar-refractivity contribution is 0.726. The predicted molar refractivity (Wildman–Crippen MR) is 118 cm³/mol. The zero-order valence-corrected chi connectivity index (χ0v) is 17.9. The third-order valence-corrected chi connectivity index (χ3v) is 8.20. The van der Waals surface area contributed by atoms with Crippen molar-refractivity contribution in [1.29, 1.82) is 0 Å². The molecular formula is C21H19N3OS3. The van der Waals surface area contributed by atoms with Crippen LogP contribution >= 0.6 is 34.4 Å². The van der Waals surface area contributed by atoms with E-state index in [0.717, 1.165) is 57.5 Å². The summed E-state index contributed by atoms with van der Waals surface area (Å²) in [6.07, 6.45) is 4.12. The van der Waals surface area contributed by atoms with Crippen LogP contribution in [0.5, 0.6) is 0 Å². The van der Waals surface area contributed by atoms with Crippen molar-refractivity contribution >= 4 is 44.7 Å². The molecule has 0 saturated carbocycles. The van der Waals surface area contributed by atoms with Crippen LogP contribution in [0.4, 0.5) is 0 Å². The molecule has 0 spiro atoms. The van der Waals surface area contributed by atoms with Crippen molar-refractivity contribution in [1.82, 2.24) is 14.5 Å². The van der Waals surface area contributed by atoms with E-state index in [0.29, 0.717) is 0 Å². The minimum absolute atomic E-state index is 0.0925. The zero-order chi connectivity index (χ0) is 19.1. The number of benzene rings is 1. The van der Waals surface area contributed by atoms with Crippen LogP contribution in [0, 0.1) is 0 Å². The van der Waals surface area contributed by atoms with E-state index in [-0.39, 0.29) is 5.56 Å². The summed E-state index contributed by atoms with van der Waals surface area (Å²) in [6, 6.07) is 10.4. The SMILES string of the molecule is Cn1c(SCc2csc(Cc3ccccc3)n2)nc2sc3c(c2c1=O)CCC3. The summed E-state index contributed by atoms with van der Waals surface area (Å²) < 4.78 is 1.70. The average Bonchev–Trinajstić information content (AvgIpc) is 3.40. The van der Waals surface area contributed by atoms with Gasteiger partial charge in [-0.3, -0.25) is 9.36 Å². The van der Waals surface area contributed by atoms with Crippen LogP contribution in [0.1, 0.15) is 33.1 Å². The molecule has 0 atom stereocenters. The lowest BCUT2D eigenvalue weighted by Crippen LogP contribution is -2.20. The molecule has 7 heteroatoms. The number of thiazole rings is 1. The fourth-order valence-corrected chi connectivity index (χ4v) is 6.74. The van der Waals surface area contributed by atoms with Crippen molar-refractivity contribution in [3.05, 3.63) is 72.8 Å². The molecule has 4 aromatic rings. The molecule has 0 N–H and O–H groups in total. The smallest absolute Gasteiger partial charge is 0.262 e. The lowest BCUT2D eigenvalue weighted by atomic mass is 10.2. The van der Waals surface area contributed by atoms with Gasteiger partial charge in [-0.1, -0.05) is 42.1 Å². The number of rotatable bonds is 5. The van der Waals surface area contributed by atoms with Gasteiger partial charge in [-0.2, -0.15) is 0 Å². The molecule has 3 heterocycles. The minimum Gasteiger partial charge on any atom is -0.290 e. The van der Waals surface area contributed by atoms with E-state index in [1.807, 2.05) is 13.1 Å². The summed E-state index contributed by atoms with van der Waals surface area (Å²) in [5.41, 5.74) is 3.66. The molecule has 0 aliphatic heterocycles. The summed E-state index contributed by atoms with van der Waals surface area (Å²) in [7, 11) is 1.83. The largest absolute Gasteiger partial charge is 0.290 e. The van der Waals surface area contributed by atoms with E-state index in [2.05, 4.69) is 29.6 Å². The lowest BCUT2D eigenvalue weighted by Gasteiger charge is -2.06. The number of hydrogen-bond donors (Lipinski definition) is 0. The maximum absolute atomic E-state index is 12.9. The Labute approximate surface area is 175 Å². The van der Waals surface area contributed by atoms with Crippen molar-refractivity contribution in [3.63, 3.8) is 0 Å². The Morgan fingerprint density at radius 1 is 1.18 bits per heavy atom. The Balaban J connectivity index is 1.35. The number of fused-ring (bicyclic) bond motifs is 3. The third kappa shape index (κ3) is 3.32. The Bertz CT molecular complexity index is 1210. The molecule has 0 bridgehead atoms. The van der Waals surface area contributed by atoms with E-state index in [4.69, 9.17) is 9.97 Å². The van der Waals surface area contributed by atoms with Crippen LogP contribution in [-0.4, -0.2) is 14.5 Å². The Kier molecular flexibility index (Phi) is 4.82. The predicted octanol–water partition coefficient (Wildman–Crippen LogP) is 4.82. The van der Waals surface area contributed by atoms with Gasteiger partial charge in [0, 0.05) is 29.5 Å². The quantitative estimate of drug-likeness (QED) is 0.340.